The molecule has 0 unspecified atom stereocenters. The average Bonchev–Trinajstić information content (AvgIpc) is 3.35. The van der Waals surface area contributed by atoms with Gasteiger partial charge in [-0.2, -0.15) is 9.97 Å². The lowest BCUT2D eigenvalue weighted by molar-refractivity contribution is 0.127. The summed E-state index contributed by atoms with van der Waals surface area (Å²) in [5.41, 5.74) is 2.80. The van der Waals surface area contributed by atoms with Gasteiger partial charge in [0.05, 0.1) is 23.7 Å². The molecule has 0 radical (unpaired) electrons. The third kappa shape index (κ3) is 4.02. The highest BCUT2D eigenvalue weighted by Gasteiger charge is 2.28. The summed E-state index contributed by atoms with van der Waals surface area (Å²) in [6.45, 7) is 2.37. The minimum Gasteiger partial charge on any atom is -0.372 e. The molecule has 9 nitrogen and oxygen atoms in total. The molecule has 1 aliphatic rings. The van der Waals surface area contributed by atoms with E-state index < -0.39 is 19.1 Å². The van der Waals surface area contributed by atoms with E-state index in [-0.39, 0.29) is 6.04 Å². The minimum absolute atomic E-state index is 0.330. The van der Waals surface area contributed by atoms with Gasteiger partial charge in [0.1, 0.15) is 29.0 Å². The van der Waals surface area contributed by atoms with E-state index in [1.807, 2.05) is 11.9 Å². The fraction of sp³-hybridized carbons (Fsp3) is 0.455. The quantitative estimate of drug-likeness (QED) is 0.395. The van der Waals surface area contributed by atoms with Gasteiger partial charge in [0, 0.05) is 31.9 Å². The van der Waals surface area contributed by atoms with Crippen molar-refractivity contribution in [1.82, 2.24) is 34.4 Å². The van der Waals surface area contributed by atoms with Crippen LogP contribution in [0, 0.1) is 6.92 Å². The number of anilines is 2. The standard InChI is InChI=1S/C22H26F3N9/c1-11-28-16-5-4-14(29-21(16)34(11)10-17(24)25)12-8-27-20-18(12)19(26-2)31-22(32-20)30-15-6-7-33(3)9-13(15)23/h4-5,8,13,15,17H,6-7,9-10H2,1-3H3,(H3,26,27,30,31,32)/t13-,15-/m1/s1. The number of nitrogens with zero attached hydrogens (tertiary/aromatic N) is 6. The molecule has 4 aromatic rings. The first-order chi connectivity index (χ1) is 16.3. The molecule has 0 saturated carbocycles. The zero-order chi connectivity index (χ0) is 24.0. The van der Waals surface area contributed by atoms with Crippen molar-refractivity contribution in [3.05, 3.63) is 24.2 Å². The number of halogens is 3. The normalized spacial score (nSPS) is 19.4. The Balaban J connectivity index is 1.53. The Hall–Kier alpha value is -3.41. The minimum atomic E-state index is -2.52. The summed E-state index contributed by atoms with van der Waals surface area (Å²) in [5, 5.41) is 6.93. The number of hydrogen-bond acceptors (Lipinski definition) is 7. The van der Waals surface area contributed by atoms with Crippen molar-refractivity contribution in [2.45, 2.75) is 38.5 Å². The van der Waals surface area contributed by atoms with E-state index in [4.69, 9.17) is 0 Å². The van der Waals surface area contributed by atoms with Crippen molar-refractivity contribution in [3.8, 4) is 11.3 Å². The van der Waals surface area contributed by atoms with Crippen LogP contribution in [0.3, 0.4) is 0 Å². The predicted octanol–water partition coefficient (Wildman–Crippen LogP) is 3.44. The van der Waals surface area contributed by atoms with Crippen molar-refractivity contribution in [1.29, 1.82) is 0 Å². The summed E-state index contributed by atoms with van der Waals surface area (Å²) in [6, 6.07) is 3.19. The van der Waals surface area contributed by atoms with Gasteiger partial charge >= 0.3 is 0 Å². The number of imidazole rings is 1. The summed E-state index contributed by atoms with van der Waals surface area (Å²) in [5.74, 6) is 1.36. The predicted molar refractivity (Wildman–Crippen MR) is 125 cm³/mol. The van der Waals surface area contributed by atoms with E-state index in [1.54, 1.807) is 32.3 Å². The van der Waals surface area contributed by atoms with Crippen LogP contribution in [0.5, 0.6) is 0 Å². The highest BCUT2D eigenvalue weighted by molar-refractivity contribution is 6.01. The van der Waals surface area contributed by atoms with Crippen LogP contribution in [0.4, 0.5) is 24.9 Å². The van der Waals surface area contributed by atoms with Gasteiger partial charge in [0.2, 0.25) is 5.95 Å². The summed E-state index contributed by atoms with van der Waals surface area (Å²) in [4.78, 5) is 23.2. The SMILES string of the molecule is CNc1nc(N[C@@H]2CCN(C)C[C@H]2F)nc2[nH]cc(-c3ccc4nc(C)n(CC(F)F)c4n3)c12. The number of aryl methyl sites for hydroxylation is 1. The van der Waals surface area contributed by atoms with Gasteiger partial charge in [-0.05, 0) is 32.5 Å². The Morgan fingerprint density at radius 1 is 1.21 bits per heavy atom. The number of hydrogen-bond donors (Lipinski definition) is 3. The van der Waals surface area contributed by atoms with Gasteiger partial charge in [0.15, 0.2) is 5.65 Å². The fourth-order valence-corrected chi connectivity index (χ4v) is 4.49. The molecule has 1 saturated heterocycles. The van der Waals surface area contributed by atoms with Gasteiger partial charge < -0.3 is 25.1 Å². The molecule has 0 aliphatic carbocycles. The van der Waals surface area contributed by atoms with E-state index in [2.05, 4.69) is 35.6 Å². The number of H-pyrrole nitrogens is 1. The lowest BCUT2D eigenvalue weighted by Gasteiger charge is -2.32. The van der Waals surface area contributed by atoms with Crippen molar-refractivity contribution < 1.29 is 13.2 Å². The highest BCUT2D eigenvalue weighted by Crippen LogP contribution is 2.33. The summed E-state index contributed by atoms with van der Waals surface area (Å²) >= 11 is 0. The molecule has 180 valence electrons. The monoisotopic (exact) mass is 473 g/mol. The number of aromatic amines is 1. The van der Waals surface area contributed by atoms with Crippen LogP contribution >= 0.6 is 0 Å². The number of nitrogens with one attached hydrogen (secondary N) is 3. The van der Waals surface area contributed by atoms with Gasteiger partial charge in [-0.25, -0.2) is 23.1 Å². The Morgan fingerprint density at radius 2 is 2.03 bits per heavy atom. The molecular formula is C22H26F3N9. The number of rotatable bonds is 6. The number of piperidine rings is 1. The molecule has 1 aliphatic heterocycles. The number of fused-ring (bicyclic) bond motifs is 2. The van der Waals surface area contributed by atoms with Crippen LogP contribution in [-0.2, 0) is 6.54 Å². The summed E-state index contributed by atoms with van der Waals surface area (Å²) in [7, 11) is 3.64. The van der Waals surface area contributed by atoms with Gasteiger partial charge in [-0.1, -0.05) is 0 Å². The number of aromatic nitrogens is 6. The lowest BCUT2D eigenvalue weighted by Crippen LogP contribution is -2.46. The maximum absolute atomic E-state index is 14.5. The number of alkyl halides is 3. The van der Waals surface area contributed by atoms with Crippen molar-refractivity contribution in [3.63, 3.8) is 0 Å². The van der Waals surface area contributed by atoms with Gasteiger partial charge in [-0.15, -0.1) is 0 Å². The molecule has 0 bridgehead atoms. The molecule has 1 fully saturated rings. The van der Waals surface area contributed by atoms with Crippen LogP contribution in [0.25, 0.3) is 33.5 Å². The third-order valence-electron chi connectivity index (χ3n) is 6.21. The Bertz CT molecular complexity index is 1330. The van der Waals surface area contributed by atoms with Crippen molar-refractivity contribution in [2.24, 2.45) is 0 Å². The van der Waals surface area contributed by atoms with Crippen molar-refractivity contribution >= 4 is 34.0 Å². The number of pyridine rings is 1. The number of likely N-dealkylation sites (tertiary alicyclic amines) is 1. The Labute approximate surface area is 193 Å². The molecule has 5 heterocycles. The van der Waals surface area contributed by atoms with Crippen LogP contribution in [0.2, 0.25) is 0 Å². The molecule has 4 aromatic heterocycles. The maximum Gasteiger partial charge on any atom is 0.256 e. The Morgan fingerprint density at radius 3 is 2.76 bits per heavy atom. The first kappa shape index (κ1) is 22.4. The molecule has 2 atom stereocenters. The largest absolute Gasteiger partial charge is 0.372 e. The topological polar surface area (TPSA) is 99.6 Å². The highest BCUT2D eigenvalue weighted by atomic mass is 19.3. The van der Waals surface area contributed by atoms with Gasteiger partial charge in [-0.3, -0.25) is 0 Å². The van der Waals surface area contributed by atoms with E-state index in [0.29, 0.717) is 58.4 Å². The van der Waals surface area contributed by atoms with E-state index in [1.165, 1.54) is 4.57 Å². The Kier molecular flexibility index (Phi) is 5.76. The van der Waals surface area contributed by atoms with Crippen LogP contribution in [0.1, 0.15) is 12.2 Å². The second kappa shape index (κ2) is 8.75. The van der Waals surface area contributed by atoms with Crippen LogP contribution < -0.4 is 10.6 Å². The zero-order valence-electron chi connectivity index (χ0n) is 19.1. The molecule has 5 rings (SSSR count). The van der Waals surface area contributed by atoms with Crippen LogP contribution in [0.15, 0.2) is 18.3 Å². The second-order valence-electron chi connectivity index (χ2n) is 8.59. The summed E-state index contributed by atoms with van der Waals surface area (Å²) < 4.78 is 42.1. The van der Waals surface area contributed by atoms with Crippen LogP contribution in [-0.4, -0.2) is 80.2 Å². The van der Waals surface area contributed by atoms with E-state index >= 15 is 0 Å². The molecule has 0 aromatic carbocycles. The molecule has 3 N–H and O–H groups in total. The third-order valence-corrected chi connectivity index (χ3v) is 6.21. The molecule has 12 heteroatoms. The van der Waals surface area contributed by atoms with E-state index in [0.717, 1.165) is 12.1 Å². The lowest BCUT2D eigenvalue weighted by atomic mass is 10.0. The maximum atomic E-state index is 14.5. The molecule has 0 amide bonds. The fourth-order valence-electron chi connectivity index (χ4n) is 4.49. The first-order valence-corrected chi connectivity index (χ1v) is 11.1. The second-order valence-corrected chi connectivity index (χ2v) is 8.59. The first-order valence-electron chi connectivity index (χ1n) is 11.1. The van der Waals surface area contributed by atoms with E-state index in [9.17, 15) is 13.2 Å². The smallest absolute Gasteiger partial charge is 0.256 e. The zero-order valence-corrected chi connectivity index (χ0v) is 19.1. The van der Waals surface area contributed by atoms with Crippen molar-refractivity contribution in [2.75, 3.05) is 37.8 Å². The molecule has 0 spiro atoms. The summed E-state index contributed by atoms with van der Waals surface area (Å²) in [6.07, 6.45) is -1.13. The molecule has 34 heavy (non-hydrogen) atoms. The van der Waals surface area contributed by atoms with Gasteiger partial charge in [0.25, 0.3) is 6.43 Å². The molecular weight excluding hydrogens is 447 g/mol. The average molecular weight is 474 g/mol.